The van der Waals surface area contributed by atoms with Gasteiger partial charge in [0.05, 0.1) is 5.56 Å². The molecule has 0 bridgehead atoms. The van der Waals surface area contributed by atoms with Crippen molar-refractivity contribution >= 4 is 23.4 Å². The van der Waals surface area contributed by atoms with Crippen LogP contribution in [0.15, 0.2) is 114 Å². The predicted octanol–water partition coefficient (Wildman–Crippen LogP) is 6.81. The highest BCUT2D eigenvalue weighted by Crippen LogP contribution is 2.27. The molecule has 0 fully saturated rings. The Labute approximate surface area is 187 Å². The Kier molecular flexibility index (Phi) is 7.04. The second-order valence-electron chi connectivity index (χ2n) is 7.02. The van der Waals surface area contributed by atoms with Crippen molar-refractivity contribution in [2.45, 2.75) is 17.3 Å². The fraction of sp³-hybridized carbons (Fsp3) is 0.0741. The average Bonchev–Trinajstić information content (AvgIpc) is 2.84. The van der Waals surface area contributed by atoms with Crippen molar-refractivity contribution in [1.82, 2.24) is 0 Å². The van der Waals surface area contributed by atoms with Gasteiger partial charge in [0.1, 0.15) is 12.4 Å². The zero-order chi connectivity index (χ0) is 21.3. The van der Waals surface area contributed by atoms with Gasteiger partial charge in [-0.05, 0) is 47.5 Å². The van der Waals surface area contributed by atoms with Gasteiger partial charge >= 0.3 is 0 Å². The monoisotopic (exact) mass is 425 g/mol. The second kappa shape index (κ2) is 10.5. The van der Waals surface area contributed by atoms with Crippen LogP contribution in [0.25, 0.3) is 0 Å². The molecule has 1 N–H and O–H groups in total. The molecule has 0 aliphatic carbocycles. The van der Waals surface area contributed by atoms with Gasteiger partial charge in [0.25, 0.3) is 5.91 Å². The van der Waals surface area contributed by atoms with E-state index in [0.29, 0.717) is 12.2 Å². The molecule has 4 aromatic carbocycles. The van der Waals surface area contributed by atoms with Crippen LogP contribution >= 0.6 is 11.8 Å². The quantitative estimate of drug-likeness (QED) is 0.315. The maximum absolute atomic E-state index is 12.9. The van der Waals surface area contributed by atoms with Crippen LogP contribution in [0.4, 0.5) is 5.69 Å². The first-order chi connectivity index (χ1) is 15.3. The Morgan fingerprint density at radius 2 is 1.32 bits per heavy atom. The van der Waals surface area contributed by atoms with Crippen molar-refractivity contribution in [1.29, 1.82) is 0 Å². The molecule has 4 rings (SSSR count). The lowest BCUT2D eigenvalue weighted by molar-refractivity contribution is 0.102. The third kappa shape index (κ3) is 6.00. The number of benzene rings is 4. The van der Waals surface area contributed by atoms with Gasteiger partial charge in [0.15, 0.2) is 0 Å². The first kappa shape index (κ1) is 20.8. The lowest BCUT2D eigenvalue weighted by atomic mass is 10.2. The van der Waals surface area contributed by atoms with Crippen molar-refractivity contribution in [3.05, 3.63) is 126 Å². The summed E-state index contributed by atoms with van der Waals surface area (Å²) >= 11 is 1.67. The number of nitrogens with one attached hydrogen (secondary N) is 1. The molecule has 0 aliphatic heterocycles. The number of carbonyl (C=O) groups excluding carboxylic acids is 1. The number of thioether (sulfide) groups is 1. The molecule has 0 aromatic heterocycles. The van der Waals surface area contributed by atoms with Crippen molar-refractivity contribution in [2.24, 2.45) is 0 Å². The van der Waals surface area contributed by atoms with E-state index in [2.05, 4.69) is 17.4 Å². The normalized spacial score (nSPS) is 10.5. The second-order valence-corrected chi connectivity index (χ2v) is 8.04. The van der Waals surface area contributed by atoms with Gasteiger partial charge in [-0.2, -0.15) is 0 Å². The van der Waals surface area contributed by atoms with E-state index < -0.39 is 0 Å². The van der Waals surface area contributed by atoms with Gasteiger partial charge in [0.2, 0.25) is 0 Å². The lowest BCUT2D eigenvalue weighted by Crippen LogP contribution is -2.13. The van der Waals surface area contributed by atoms with Gasteiger partial charge in [-0.15, -0.1) is 11.8 Å². The smallest absolute Gasteiger partial charge is 0.256 e. The molecule has 31 heavy (non-hydrogen) atoms. The summed E-state index contributed by atoms with van der Waals surface area (Å²) in [7, 11) is 0. The van der Waals surface area contributed by atoms with Crippen molar-refractivity contribution < 1.29 is 9.53 Å². The molecule has 4 aromatic rings. The number of anilines is 1. The highest BCUT2D eigenvalue weighted by Gasteiger charge is 2.12. The molecule has 1 amide bonds. The molecular formula is C27H23NO2S. The van der Waals surface area contributed by atoms with E-state index in [0.717, 1.165) is 27.6 Å². The number of hydrogen-bond acceptors (Lipinski definition) is 3. The molecule has 0 saturated carbocycles. The maximum Gasteiger partial charge on any atom is 0.256 e. The van der Waals surface area contributed by atoms with E-state index >= 15 is 0 Å². The average molecular weight is 426 g/mol. The minimum absolute atomic E-state index is 0.117. The van der Waals surface area contributed by atoms with Crippen molar-refractivity contribution in [3.8, 4) is 5.75 Å². The van der Waals surface area contributed by atoms with Crippen LogP contribution < -0.4 is 10.1 Å². The van der Waals surface area contributed by atoms with Crippen LogP contribution in [0.3, 0.4) is 0 Å². The Bertz CT molecular complexity index is 1110. The molecular weight excluding hydrogens is 402 g/mol. The fourth-order valence-electron chi connectivity index (χ4n) is 3.09. The van der Waals surface area contributed by atoms with Crippen LogP contribution in [0.2, 0.25) is 0 Å². The molecule has 3 nitrogen and oxygen atoms in total. The zero-order valence-electron chi connectivity index (χ0n) is 17.0. The van der Waals surface area contributed by atoms with Crippen LogP contribution in [0, 0.1) is 0 Å². The van der Waals surface area contributed by atoms with E-state index in [4.69, 9.17) is 4.74 Å². The predicted molar refractivity (Wildman–Crippen MR) is 128 cm³/mol. The molecule has 0 radical (unpaired) electrons. The third-order valence-corrected chi connectivity index (χ3v) is 5.87. The first-order valence-corrected chi connectivity index (χ1v) is 11.1. The van der Waals surface area contributed by atoms with E-state index in [-0.39, 0.29) is 5.91 Å². The Hall–Kier alpha value is -3.50. The minimum atomic E-state index is -0.117. The molecule has 0 unspecified atom stereocenters. The van der Waals surface area contributed by atoms with Crippen molar-refractivity contribution in [2.75, 3.05) is 5.32 Å². The maximum atomic E-state index is 12.9. The molecule has 4 heteroatoms. The van der Waals surface area contributed by atoms with Gasteiger partial charge in [-0.25, -0.2) is 0 Å². The van der Waals surface area contributed by atoms with Crippen LogP contribution in [0.5, 0.6) is 5.75 Å². The number of rotatable bonds is 8. The van der Waals surface area contributed by atoms with E-state index in [9.17, 15) is 4.79 Å². The Morgan fingerprint density at radius 3 is 2.03 bits per heavy atom. The molecule has 0 spiro atoms. The van der Waals surface area contributed by atoms with E-state index in [1.807, 2.05) is 97.1 Å². The molecule has 0 saturated heterocycles. The fourth-order valence-corrected chi connectivity index (χ4v) is 4.09. The lowest BCUT2D eigenvalue weighted by Gasteiger charge is -2.11. The zero-order valence-corrected chi connectivity index (χ0v) is 17.8. The van der Waals surface area contributed by atoms with Crippen LogP contribution in [-0.2, 0) is 12.4 Å². The summed E-state index contributed by atoms with van der Waals surface area (Å²) in [6, 6.07) is 35.4. The van der Waals surface area contributed by atoms with E-state index in [1.165, 1.54) is 5.56 Å². The summed E-state index contributed by atoms with van der Waals surface area (Å²) in [5.41, 5.74) is 3.76. The number of amides is 1. The number of carbonyl (C=O) groups is 1. The summed E-state index contributed by atoms with van der Waals surface area (Å²) in [6.07, 6.45) is 0. The number of ether oxygens (including phenoxy) is 1. The SMILES string of the molecule is O=C(Nc1ccc(OCc2ccccc2)cc1)c1ccccc1SCc1ccccc1. The van der Waals surface area contributed by atoms with Crippen molar-refractivity contribution in [3.63, 3.8) is 0 Å². The number of hydrogen-bond donors (Lipinski definition) is 1. The van der Waals surface area contributed by atoms with Crippen LogP contribution in [0.1, 0.15) is 21.5 Å². The summed E-state index contributed by atoms with van der Waals surface area (Å²) in [5, 5.41) is 2.99. The van der Waals surface area contributed by atoms with E-state index in [1.54, 1.807) is 11.8 Å². The minimum Gasteiger partial charge on any atom is -0.489 e. The summed E-state index contributed by atoms with van der Waals surface area (Å²) < 4.78 is 5.81. The molecule has 154 valence electrons. The third-order valence-electron chi connectivity index (χ3n) is 4.73. The highest BCUT2D eigenvalue weighted by atomic mass is 32.2. The summed E-state index contributed by atoms with van der Waals surface area (Å²) in [5.74, 6) is 1.47. The summed E-state index contributed by atoms with van der Waals surface area (Å²) in [6.45, 7) is 0.512. The van der Waals surface area contributed by atoms with Crippen LogP contribution in [-0.4, -0.2) is 5.91 Å². The van der Waals surface area contributed by atoms with Gasteiger partial charge in [-0.3, -0.25) is 4.79 Å². The molecule has 0 aliphatic rings. The standard InChI is InChI=1S/C27H23NO2S/c29-27(25-13-7-8-14-26(25)31-20-22-11-5-2-6-12-22)28-23-15-17-24(18-16-23)30-19-21-9-3-1-4-10-21/h1-18H,19-20H2,(H,28,29). The largest absolute Gasteiger partial charge is 0.489 e. The van der Waals surface area contributed by atoms with Gasteiger partial charge in [0, 0.05) is 16.3 Å². The van der Waals surface area contributed by atoms with Gasteiger partial charge < -0.3 is 10.1 Å². The molecule has 0 heterocycles. The Balaban J connectivity index is 1.37. The van der Waals surface area contributed by atoms with Gasteiger partial charge in [-0.1, -0.05) is 72.8 Å². The Morgan fingerprint density at radius 1 is 0.710 bits per heavy atom. The first-order valence-electron chi connectivity index (χ1n) is 10.1. The topological polar surface area (TPSA) is 38.3 Å². The molecule has 0 atom stereocenters. The summed E-state index contributed by atoms with van der Waals surface area (Å²) in [4.78, 5) is 13.9. The highest BCUT2D eigenvalue weighted by molar-refractivity contribution is 7.98.